The number of para-hydroxylation sites is 2. The molecule has 0 aliphatic rings. The smallest absolute Gasteiger partial charge is 0.404 e. The molecule has 0 amide bonds. The first-order valence-corrected chi connectivity index (χ1v) is 8.55. The summed E-state index contributed by atoms with van der Waals surface area (Å²) in [5.74, 6) is -1.45. The minimum absolute atomic E-state index is 0.0954. The lowest BCUT2D eigenvalue weighted by Gasteiger charge is -2.13. The molecule has 3 rings (SSSR count). The molecule has 1 aromatic carbocycles. The van der Waals surface area contributed by atoms with Gasteiger partial charge in [-0.2, -0.15) is 8.42 Å². The second-order valence-electron chi connectivity index (χ2n) is 5.18. The number of H-pyrrole nitrogens is 1. The first-order chi connectivity index (χ1) is 12.0. The average molecular weight is 389 g/mol. The number of fused-ring (bicyclic) bond motifs is 1. The van der Waals surface area contributed by atoms with Crippen LogP contribution in [0.1, 0.15) is 5.69 Å². The van der Waals surface area contributed by atoms with Gasteiger partial charge < -0.3 is 9.72 Å². The van der Waals surface area contributed by atoms with Gasteiger partial charge in [0.15, 0.2) is 11.4 Å². The predicted octanol–water partition coefficient (Wildman–Crippen LogP) is 2.00. The number of nitrogens with zero attached hydrogens (tertiary/aromatic N) is 2. The van der Waals surface area contributed by atoms with Gasteiger partial charge in [0.2, 0.25) is 0 Å². The highest BCUT2D eigenvalue weighted by molar-refractivity contribution is 7.85. The van der Waals surface area contributed by atoms with E-state index in [0.29, 0.717) is 0 Å². The second-order valence-corrected chi connectivity index (χ2v) is 6.63. The van der Waals surface area contributed by atoms with E-state index in [-0.39, 0.29) is 22.5 Å². The Morgan fingerprint density at radius 3 is 2.54 bits per heavy atom. The fourth-order valence-electron chi connectivity index (χ4n) is 2.37. The Balaban J connectivity index is 2.21. The van der Waals surface area contributed by atoms with Crippen LogP contribution in [0.4, 0.5) is 13.2 Å². The van der Waals surface area contributed by atoms with Gasteiger partial charge >= 0.3 is 12.1 Å². The van der Waals surface area contributed by atoms with E-state index in [0.717, 1.165) is 10.6 Å². The third-order valence-corrected chi connectivity index (χ3v) is 3.91. The van der Waals surface area contributed by atoms with Crippen LogP contribution in [0.2, 0.25) is 0 Å². The molecule has 0 spiro atoms. The highest BCUT2D eigenvalue weighted by Gasteiger charge is 2.32. The zero-order valence-electron chi connectivity index (χ0n) is 12.7. The lowest BCUT2D eigenvalue weighted by atomic mass is 10.3. The van der Waals surface area contributed by atoms with Crippen molar-refractivity contribution >= 4 is 21.3 Å². The van der Waals surface area contributed by atoms with Gasteiger partial charge in [0.1, 0.15) is 5.75 Å². The highest BCUT2D eigenvalue weighted by Crippen LogP contribution is 2.29. The summed E-state index contributed by atoms with van der Waals surface area (Å²) in [5, 5.41) is 0. The van der Waals surface area contributed by atoms with Crippen molar-refractivity contribution in [3.05, 3.63) is 52.6 Å². The molecule has 0 fully saturated rings. The second kappa shape index (κ2) is 6.14. The molecular weight excluding hydrogens is 379 g/mol. The van der Waals surface area contributed by atoms with Crippen molar-refractivity contribution in [2.45, 2.75) is 12.1 Å². The van der Waals surface area contributed by atoms with Crippen molar-refractivity contribution in [3.63, 3.8) is 0 Å². The van der Waals surface area contributed by atoms with Crippen LogP contribution in [0.15, 0.2) is 41.2 Å². The predicted molar refractivity (Wildman–Crippen MR) is 83.6 cm³/mol. The van der Waals surface area contributed by atoms with Crippen LogP contribution in [-0.2, 0) is 15.9 Å². The van der Waals surface area contributed by atoms with Gasteiger partial charge in [-0.05, 0) is 24.3 Å². The summed E-state index contributed by atoms with van der Waals surface area (Å²) in [6.45, 7) is 0. The Kier molecular flexibility index (Phi) is 4.24. The Hall–Kier alpha value is -2.86. The standard InChI is InChI=1S/C14H10F3N3O5S/c15-14(16,17)25-11-4-2-1-3-10(11)20-12-9(19-13(20)21)6-5-8(18-12)7-26(22,23)24/h1-6H,7H2,(H,19,21)(H,22,23,24). The number of ether oxygens (including phenoxy) is 1. The van der Waals surface area contributed by atoms with Crippen LogP contribution >= 0.6 is 0 Å². The molecule has 2 aromatic heterocycles. The average Bonchev–Trinajstić information content (AvgIpc) is 2.80. The number of aromatic amines is 1. The van der Waals surface area contributed by atoms with Gasteiger partial charge in [-0.3, -0.25) is 4.55 Å². The molecule has 138 valence electrons. The fraction of sp³-hybridized carbons (Fsp3) is 0.143. The van der Waals surface area contributed by atoms with Crippen molar-refractivity contribution in [3.8, 4) is 11.4 Å². The van der Waals surface area contributed by atoms with Crippen LogP contribution in [0.3, 0.4) is 0 Å². The maximum atomic E-state index is 12.6. The number of rotatable bonds is 4. The molecule has 0 bridgehead atoms. The summed E-state index contributed by atoms with van der Waals surface area (Å²) >= 11 is 0. The topological polar surface area (TPSA) is 114 Å². The monoisotopic (exact) mass is 389 g/mol. The van der Waals surface area contributed by atoms with E-state index in [1.165, 1.54) is 30.3 Å². The Bertz CT molecular complexity index is 1130. The van der Waals surface area contributed by atoms with Gasteiger partial charge in [0.25, 0.3) is 10.1 Å². The molecule has 2 N–H and O–H groups in total. The van der Waals surface area contributed by atoms with Crippen LogP contribution in [0, 0.1) is 0 Å². The quantitative estimate of drug-likeness (QED) is 0.660. The van der Waals surface area contributed by atoms with E-state index < -0.39 is 33.7 Å². The minimum atomic E-state index is -4.98. The molecule has 2 heterocycles. The summed E-state index contributed by atoms with van der Waals surface area (Å²) in [4.78, 5) is 18.6. The van der Waals surface area contributed by atoms with E-state index in [1.54, 1.807) is 0 Å². The van der Waals surface area contributed by atoms with E-state index in [2.05, 4.69) is 14.7 Å². The minimum Gasteiger partial charge on any atom is -0.404 e. The fourth-order valence-corrected chi connectivity index (χ4v) is 2.90. The number of hydrogen-bond acceptors (Lipinski definition) is 5. The number of imidazole rings is 1. The van der Waals surface area contributed by atoms with Gasteiger partial charge in [0.05, 0.1) is 16.9 Å². The van der Waals surface area contributed by atoms with Crippen LogP contribution in [-0.4, -0.2) is 33.9 Å². The van der Waals surface area contributed by atoms with Crippen molar-refractivity contribution in [2.24, 2.45) is 0 Å². The van der Waals surface area contributed by atoms with Crippen LogP contribution < -0.4 is 10.4 Å². The van der Waals surface area contributed by atoms with E-state index in [4.69, 9.17) is 4.55 Å². The van der Waals surface area contributed by atoms with Gasteiger partial charge in [-0.15, -0.1) is 13.2 Å². The van der Waals surface area contributed by atoms with Crippen LogP contribution in [0.5, 0.6) is 5.75 Å². The number of hydrogen-bond donors (Lipinski definition) is 2. The molecule has 12 heteroatoms. The molecule has 0 atom stereocenters. The van der Waals surface area contributed by atoms with Crippen molar-refractivity contribution < 1.29 is 30.9 Å². The molecule has 3 aromatic rings. The lowest BCUT2D eigenvalue weighted by Crippen LogP contribution is -2.21. The molecule has 0 aliphatic heterocycles. The maximum absolute atomic E-state index is 12.6. The molecule has 0 saturated heterocycles. The first kappa shape index (κ1) is 17.9. The van der Waals surface area contributed by atoms with E-state index >= 15 is 0 Å². The number of pyridine rings is 1. The van der Waals surface area contributed by atoms with E-state index in [1.807, 2.05) is 0 Å². The molecule has 0 aliphatic carbocycles. The number of halogens is 3. The summed E-state index contributed by atoms with van der Waals surface area (Å²) in [7, 11) is -4.38. The third-order valence-electron chi connectivity index (χ3n) is 3.25. The number of nitrogens with one attached hydrogen (secondary N) is 1. The van der Waals surface area contributed by atoms with Crippen molar-refractivity contribution in [2.75, 3.05) is 0 Å². The van der Waals surface area contributed by atoms with Gasteiger partial charge in [-0.1, -0.05) is 12.1 Å². The normalized spacial score (nSPS) is 12.5. The van der Waals surface area contributed by atoms with Gasteiger partial charge in [0, 0.05) is 0 Å². The van der Waals surface area contributed by atoms with Crippen molar-refractivity contribution in [1.82, 2.24) is 14.5 Å². The zero-order valence-corrected chi connectivity index (χ0v) is 13.5. The Morgan fingerprint density at radius 2 is 1.88 bits per heavy atom. The SMILES string of the molecule is O=c1[nH]c2ccc(CS(=O)(=O)O)nc2n1-c1ccccc1OC(F)(F)F. The summed E-state index contributed by atoms with van der Waals surface area (Å²) < 4.78 is 73.5. The summed E-state index contributed by atoms with van der Waals surface area (Å²) in [6, 6.07) is 7.51. The molecule has 8 nitrogen and oxygen atoms in total. The van der Waals surface area contributed by atoms with Crippen molar-refractivity contribution in [1.29, 1.82) is 0 Å². The number of aromatic nitrogens is 3. The first-order valence-electron chi connectivity index (χ1n) is 6.94. The molecule has 0 radical (unpaired) electrons. The molecule has 0 unspecified atom stereocenters. The summed E-state index contributed by atoms with van der Waals surface area (Å²) in [5.41, 5.74) is -1.08. The number of benzene rings is 1. The Labute approximate surface area is 143 Å². The van der Waals surface area contributed by atoms with Gasteiger partial charge in [-0.25, -0.2) is 14.3 Å². The highest BCUT2D eigenvalue weighted by atomic mass is 32.2. The van der Waals surface area contributed by atoms with Crippen LogP contribution in [0.25, 0.3) is 16.9 Å². The largest absolute Gasteiger partial charge is 0.573 e. The molecule has 26 heavy (non-hydrogen) atoms. The zero-order chi connectivity index (χ0) is 19.1. The third kappa shape index (κ3) is 3.86. The molecule has 0 saturated carbocycles. The number of alkyl halides is 3. The van der Waals surface area contributed by atoms with E-state index in [9.17, 15) is 26.4 Å². The molecular formula is C14H10F3N3O5S. The maximum Gasteiger partial charge on any atom is 0.573 e. The summed E-state index contributed by atoms with van der Waals surface area (Å²) in [6.07, 6.45) is -4.98. The lowest BCUT2D eigenvalue weighted by molar-refractivity contribution is -0.274. The Morgan fingerprint density at radius 1 is 1.19 bits per heavy atom.